The number of likely N-dealkylation sites (tertiary alicyclic amines) is 2. The van der Waals surface area contributed by atoms with Crippen molar-refractivity contribution in [3.8, 4) is 11.8 Å². The molecule has 7 nitrogen and oxygen atoms in total. The van der Waals surface area contributed by atoms with Crippen molar-refractivity contribution in [3.63, 3.8) is 0 Å². The highest BCUT2D eigenvalue weighted by Gasteiger charge is 2.36. The quantitative estimate of drug-likeness (QED) is 0.815. The molecule has 0 spiro atoms. The number of amides is 1. The fraction of sp³-hybridized carbons (Fsp3) is 0.500. The molecule has 3 heterocycles. The van der Waals surface area contributed by atoms with Crippen LogP contribution in [0.3, 0.4) is 0 Å². The summed E-state index contributed by atoms with van der Waals surface area (Å²) in [6, 6.07) is 9.59. The first-order valence-electron chi connectivity index (χ1n) is 10.3. The zero-order valence-corrected chi connectivity index (χ0v) is 17.1. The molecular formula is C22H26FN5O2. The molecule has 2 aromatic rings. The number of anilines is 1. The van der Waals surface area contributed by atoms with E-state index in [1.807, 2.05) is 30.5 Å². The second-order valence-electron chi connectivity index (χ2n) is 8.00. The molecule has 4 rings (SSSR count). The minimum atomic E-state index is -1.09. The Morgan fingerprint density at radius 3 is 2.90 bits per heavy atom. The largest absolute Gasteiger partial charge is 0.497 e. The molecule has 0 bridgehead atoms. The van der Waals surface area contributed by atoms with E-state index in [9.17, 15) is 9.18 Å². The Hall–Kier alpha value is -2.92. The molecule has 1 amide bonds. The van der Waals surface area contributed by atoms with Crippen molar-refractivity contribution in [2.24, 2.45) is 0 Å². The Morgan fingerprint density at radius 1 is 1.37 bits per heavy atom. The van der Waals surface area contributed by atoms with Crippen molar-refractivity contribution in [1.29, 1.82) is 5.26 Å². The molecular weight excluding hydrogens is 385 g/mol. The van der Waals surface area contributed by atoms with Gasteiger partial charge in [0, 0.05) is 30.9 Å². The van der Waals surface area contributed by atoms with Crippen molar-refractivity contribution in [2.75, 3.05) is 38.6 Å². The van der Waals surface area contributed by atoms with Crippen LogP contribution < -0.4 is 10.1 Å². The van der Waals surface area contributed by atoms with Crippen molar-refractivity contribution >= 4 is 22.5 Å². The van der Waals surface area contributed by atoms with E-state index in [1.165, 1.54) is 4.90 Å². The van der Waals surface area contributed by atoms with E-state index >= 15 is 0 Å². The number of rotatable bonds is 5. The fourth-order valence-corrected chi connectivity index (χ4v) is 4.25. The smallest absolute Gasteiger partial charge is 0.237 e. The molecule has 2 aliphatic rings. The number of carbonyl (C=O) groups excluding carboxylic acids is 1. The van der Waals surface area contributed by atoms with Gasteiger partial charge in [-0.3, -0.25) is 14.7 Å². The summed E-state index contributed by atoms with van der Waals surface area (Å²) >= 11 is 0. The number of methoxy groups -OCH3 is 1. The Morgan fingerprint density at radius 2 is 2.17 bits per heavy atom. The first-order chi connectivity index (χ1) is 14.6. The van der Waals surface area contributed by atoms with Gasteiger partial charge >= 0.3 is 0 Å². The molecule has 2 atom stereocenters. The number of nitrogens with one attached hydrogen (secondary N) is 1. The summed E-state index contributed by atoms with van der Waals surface area (Å²) in [5, 5.41) is 13.7. The van der Waals surface area contributed by atoms with E-state index in [4.69, 9.17) is 10.00 Å². The number of fused-ring (bicyclic) bond motifs is 1. The van der Waals surface area contributed by atoms with Gasteiger partial charge in [-0.25, -0.2) is 4.39 Å². The molecule has 0 unspecified atom stereocenters. The molecule has 2 aliphatic heterocycles. The van der Waals surface area contributed by atoms with Crippen molar-refractivity contribution in [2.45, 2.75) is 37.5 Å². The third-order valence-corrected chi connectivity index (χ3v) is 5.93. The van der Waals surface area contributed by atoms with Crippen LogP contribution in [0.4, 0.5) is 10.1 Å². The average molecular weight is 411 g/mol. The standard InChI is InChI=1S/C22H26FN5O2/c1-30-20-2-3-21-15(9-20)8-18(12-25-21)26-17-4-6-27(7-5-17)14-22(29)28-13-16(23)10-19(28)11-24/h2-3,8-9,12,16-17,19,26H,4-7,10,13-14H2,1H3/t16-,19-/m0/s1. The Kier molecular flexibility index (Phi) is 6.00. The number of ether oxygens (including phenoxy) is 1. The van der Waals surface area contributed by atoms with Crippen LogP contribution in [0.1, 0.15) is 19.3 Å². The zero-order valence-electron chi connectivity index (χ0n) is 17.1. The molecule has 2 fully saturated rings. The van der Waals surface area contributed by atoms with Gasteiger partial charge in [-0.2, -0.15) is 5.26 Å². The molecule has 2 saturated heterocycles. The Labute approximate surface area is 175 Å². The second-order valence-corrected chi connectivity index (χ2v) is 8.00. The number of aromatic nitrogens is 1. The Balaban J connectivity index is 1.30. The number of hydrogen-bond donors (Lipinski definition) is 1. The van der Waals surface area contributed by atoms with Crippen LogP contribution in [0.25, 0.3) is 10.9 Å². The lowest BCUT2D eigenvalue weighted by molar-refractivity contribution is -0.132. The first kappa shape index (κ1) is 20.4. The van der Waals surface area contributed by atoms with Gasteiger partial charge in [0.25, 0.3) is 0 Å². The van der Waals surface area contributed by atoms with Crippen LogP contribution in [0.5, 0.6) is 5.75 Å². The summed E-state index contributed by atoms with van der Waals surface area (Å²) in [7, 11) is 1.65. The number of nitrogens with zero attached hydrogens (tertiary/aromatic N) is 4. The van der Waals surface area contributed by atoms with Gasteiger partial charge in [-0.05, 0) is 37.1 Å². The van der Waals surface area contributed by atoms with E-state index in [-0.39, 0.29) is 25.4 Å². The van der Waals surface area contributed by atoms with E-state index < -0.39 is 12.2 Å². The molecule has 1 aromatic carbocycles. The first-order valence-corrected chi connectivity index (χ1v) is 10.3. The second kappa shape index (κ2) is 8.84. The number of piperidine rings is 1. The van der Waals surface area contributed by atoms with Crippen LogP contribution in [0.2, 0.25) is 0 Å². The molecule has 8 heteroatoms. The molecule has 0 aliphatic carbocycles. The van der Waals surface area contributed by atoms with Crippen LogP contribution >= 0.6 is 0 Å². The van der Waals surface area contributed by atoms with E-state index in [0.29, 0.717) is 6.04 Å². The van der Waals surface area contributed by atoms with Gasteiger partial charge in [0.1, 0.15) is 18.0 Å². The van der Waals surface area contributed by atoms with Gasteiger partial charge in [0.05, 0.1) is 43.7 Å². The van der Waals surface area contributed by atoms with E-state index in [0.717, 1.165) is 48.3 Å². The van der Waals surface area contributed by atoms with Crippen molar-refractivity contribution in [3.05, 3.63) is 30.5 Å². The monoisotopic (exact) mass is 411 g/mol. The lowest BCUT2D eigenvalue weighted by Gasteiger charge is -2.33. The van der Waals surface area contributed by atoms with Gasteiger partial charge < -0.3 is 15.0 Å². The number of alkyl halides is 1. The minimum Gasteiger partial charge on any atom is -0.497 e. The summed E-state index contributed by atoms with van der Waals surface area (Å²) in [4.78, 5) is 20.5. The summed E-state index contributed by atoms with van der Waals surface area (Å²) in [6.45, 7) is 1.84. The predicted molar refractivity (Wildman–Crippen MR) is 112 cm³/mol. The highest BCUT2D eigenvalue weighted by Crippen LogP contribution is 2.24. The minimum absolute atomic E-state index is 0.0365. The van der Waals surface area contributed by atoms with E-state index in [2.05, 4.69) is 21.3 Å². The summed E-state index contributed by atoms with van der Waals surface area (Å²) in [5.74, 6) is 0.649. The summed E-state index contributed by atoms with van der Waals surface area (Å²) in [6.07, 6.45) is 2.67. The van der Waals surface area contributed by atoms with Crippen molar-refractivity contribution < 1.29 is 13.9 Å². The average Bonchev–Trinajstić information content (AvgIpc) is 3.15. The maximum absolute atomic E-state index is 13.6. The van der Waals surface area contributed by atoms with Gasteiger partial charge in [-0.15, -0.1) is 0 Å². The highest BCUT2D eigenvalue weighted by molar-refractivity contribution is 5.83. The number of pyridine rings is 1. The maximum Gasteiger partial charge on any atom is 0.237 e. The Bertz CT molecular complexity index is 954. The number of hydrogen-bond acceptors (Lipinski definition) is 6. The molecule has 0 saturated carbocycles. The molecule has 30 heavy (non-hydrogen) atoms. The van der Waals surface area contributed by atoms with Gasteiger partial charge in [0.2, 0.25) is 5.91 Å². The number of benzene rings is 1. The van der Waals surface area contributed by atoms with E-state index in [1.54, 1.807) is 7.11 Å². The number of carbonyl (C=O) groups is 1. The third kappa shape index (κ3) is 4.46. The SMILES string of the molecule is COc1ccc2ncc(NC3CCN(CC(=O)N4C[C@@H](F)C[C@H]4C#N)CC3)cc2c1. The van der Waals surface area contributed by atoms with Crippen molar-refractivity contribution in [1.82, 2.24) is 14.8 Å². The summed E-state index contributed by atoms with van der Waals surface area (Å²) in [5.41, 5.74) is 1.89. The van der Waals surface area contributed by atoms with Crippen LogP contribution in [-0.2, 0) is 4.79 Å². The predicted octanol–water partition coefficient (Wildman–Crippen LogP) is 2.58. The summed E-state index contributed by atoms with van der Waals surface area (Å²) < 4.78 is 18.9. The maximum atomic E-state index is 13.6. The van der Waals surface area contributed by atoms with Crippen LogP contribution in [-0.4, -0.2) is 72.2 Å². The van der Waals surface area contributed by atoms with Gasteiger partial charge in [-0.1, -0.05) is 0 Å². The normalized spacial score (nSPS) is 22.8. The van der Waals surface area contributed by atoms with Crippen LogP contribution in [0.15, 0.2) is 30.5 Å². The molecule has 1 N–H and O–H groups in total. The molecule has 1 aromatic heterocycles. The highest BCUT2D eigenvalue weighted by atomic mass is 19.1. The number of halogens is 1. The molecule has 158 valence electrons. The fourth-order valence-electron chi connectivity index (χ4n) is 4.25. The lowest BCUT2D eigenvalue weighted by atomic mass is 10.0. The van der Waals surface area contributed by atoms with Crippen LogP contribution in [0, 0.1) is 11.3 Å². The lowest BCUT2D eigenvalue weighted by Crippen LogP contribution is -2.46. The topological polar surface area (TPSA) is 81.5 Å². The molecule has 0 radical (unpaired) electrons. The van der Waals surface area contributed by atoms with Gasteiger partial charge in [0.15, 0.2) is 0 Å². The number of nitriles is 1. The third-order valence-electron chi connectivity index (χ3n) is 5.93. The zero-order chi connectivity index (χ0) is 21.1.